The van der Waals surface area contributed by atoms with Gasteiger partial charge in [0.15, 0.2) is 0 Å². The van der Waals surface area contributed by atoms with Crippen molar-refractivity contribution in [3.8, 4) is 5.75 Å². The zero-order valence-electron chi connectivity index (χ0n) is 15.2. The van der Waals surface area contributed by atoms with E-state index in [1.54, 1.807) is 11.0 Å². The van der Waals surface area contributed by atoms with E-state index >= 15 is 0 Å². The molecular formula is C20H30N2O3. The van der Waals surface area contributed by atoms with Gasteiger partial charge in [-0.1, -0.05) is 13.0 Å². The summed E-state index contributed by atoms with van der Waals surface area (Å²) < 4.78 is 0. The van der Waals surface area contributed by atoms with E-state index in [0.29, 0.717) is 30.8 Å². The first kappa shape index (κ1) is 18.1. The molecular weight excluding hydrogens is 316 g/mol. The fourth-order valence-electron chi connectivity index (χ4n) is 4.38. The third-order valence-corrected chi connectivity index (χ3v) is 5.80. The number of nitrogens with zero attached hydrogens (tertiary/aromatic N) is 2. The summed E-state index contributed by atoms with van der Waals surface area (Å²) >= 11 is 0. The van der Waals surface area contributed by atoms with Crippen LogP contribution in [0, 0.1) is 5.92 Å². The number of aryl methyl sites for hydroxylation is 1. The van der Waals surface area contributed by atoms with Gasteiger partial charge >= 0.3 is 6.09 Å². The Balaban J connectivity index is 1.61. The van der Waals surface area contributed by atoms with E-state index in [1.807, 2.05) is 6.07 Å². The van der Waals surface area contributed by atoms with Crippen molar-refractivity contribution in [1.29, 1.82) is 0 Å². The predicted molar refractivity (Wildman–Crippen MR) is 98.1 cm³/mol. The highest BCUT2D eigenvalue weighted by molar-refractivity contribution is 5.64. The highest BCUT2D eigenvalue weighted by Gasteiger charge is 2.28. The molecule has 1 aromatic rings. The largest absolute Gasteiger partial charge is 0.508 e. The third-order valence-electron chi connectivity index (χ3n) is 5.80. The van der Waals surface area contributed by atoms with Crippen molar-refractivity contribution in [1.82, 2.24) is 9.80 Å². The number of benzene rings is 1. The highest BCUT2D eigenvalue weighted by atomic mass is 16.4. The number of hydrogen-bond donors (Lipinski definition) is 2. The van der Waals surface area contributed by atoms with Crippen molar-refractivity contribution in [2.75, 3.05) is 26.2 Å². The zero-order valence-corrected chi connectivity index (χ0v) is 15.2. The van der Waals surface area contributed by atoms with Crippen LogP contribution in [0.5, 0.6) is 5.75 Å². The second-order valence-electron chi connectivity index (χ2n) is 7.56. The summed E-state index contributed by atoms with van der Waals surface area (Å²) in [7, 11) is 0. The molecule has 138 valence electrons. The van der Waals surface area contributed by atoms with Crippen molar-refractivity contribution in [3.05, 3.63) is 29.3 Å². The van der Waals surface area contributed by atoms with E-state index in [9.17, 15) is 9.90 Å². The maximum absolute atomic E-state index is 11.1. The molecule has 1 fully saturated rings. The Kier molecular flexibility index (Phi) is 5.84. The second kappa shape index (κ2) is 8.09. The first-order valence-electron chi connectivity index (χ1n) is 9.59. The molecule has 3 rings (SSSR count). The Morgan fingerprint density at radius 3 is 2.68 bits per heavy atom. The van der Waals surface area contributed by atoms with Gasteiger partial charge in [0.25, 0.3) is 0 Å². The van der Waals surface area contributed by atoms with Crippen LogP contribution in [0.3, 0.4) is 0 Å². The number of piperidine rings is 1. The van der Waals surface area contributed by atoms with E-state index in [-0.39, 0.29) is 0 Å². The van der Waals surface area contributed by atoms with E-state index in [2.05, 4.69) is 17.9 Å². The lowest BCUT2D eigenvalue weighted by Gasteiger charge is -2.39. The number of aromatic hydroxyl groups is 1. The van der Waals surface area contributed by atoms with Gasteiger partial charge in [-0.05, 0) is 74.2 Å². The molecule has 0 saturated carbocycles. The first-order chi connectivity index (χ1) is 12.1. The van der Waals surface area contributed by atoms with Crippen molar-refractivity contribution in [2.45, 2.75) is 51.5 Å². The fourth-order valence-corrected chi connectivity index (χ4v) is 4.38. The molecule has 1 aliphatic carbocycles. The van der Waals surface area contributed by atoms with Crippen LogP contribution in [0.25, 0.3) is 0 Å². The van der Waals surface area contributed by atoms with Crippen LogP contribution in [0.1, 0.15) is 43.7 Å². The quantitative estimate of drug-likeness (QED) is 0.858. The Morgan fingerprint density at radius 1 is 1.24 bits per heavy atom. The van der Waals surface area contributed by atoms with E-state index in [0.717, 1.165) is 45.2 Å². The molecule has 25 heavy (non-hydrogen) atoms. The van der Waals surface area contributed by atoms with E-state index in [4.69, 9.17) is 5.11 Å². The number of hydrogen-bond acceptors (Lipinski definition) is 3. The minimum absolute atomic E-state index is 0.363. The van der Waals surface area contributed by atoms with Crippen molar-refractivity contribution >= 4 is 6.09 Å². The lowest BCUT2D eigenvalue weighted by atomic mass is 9.86. The van der Waals surface area contributed by atoms with Gasteiger partial charge in [0, 0.05) is 25.7 Å². The summed E-state index contributed by atoms with van der Waals surface area (Å²) in [5, 5.41) is 18.9. The van der Waals surface area contributed by atoms with Crippen LogP contribution in [-0.2, 0) is 12.8 Å². The van der Waals surface area contributed by atoms with Gasteiger partial charge in [0.05, 0.1) is 0 Å². The standard InChI is InChI=1S/C20H30N2O3/c1-2-9-22(14-15-7-10-21(11-8-15)20(24)25)18-5-3-16-4-6-19(23)13-17(16)12-18/h4,6,13,15,18,23H,2-3,5,7-12,14H2,1H3,(H,24,25). The molecule has 0 spiro atoms. The first-order valence-corrected chi connectivity index (χ1v) is 9.59. The summed E-state index contributed by atoms with van der Waals surface area (Å²) in [5.74, 6) is 0.954. The number of rotatable bonds is 5. The Labute approximate surface area is 150 Å². The minimum atomic E-state index is -0.785. The summed E-state index contributed by atoms with van der Waals surface area (Å²) in [6.45, 7) is 5.73. The van der Waals surface area contributed by atoms with Crippen molar-refractivity contribution in [2.24, 2.45) is 5.92 Å². The van der Waals surface area contributed by atoms with Crippen LogP contribution in [0.4, 0.5) is 4.79 Å². The molecule has 5 nitrogen and oxygen atoms in total. The number of likely N-dealkylation sites (tertiary alicyclic amines) is 1. The summed E-state index contributed by atoms with van der Waals surface area (Å²) in [6.07, 6.45) is 5.55. The van der Waals surface area contributed by atoms with Gasteiger partial charge in [0.1, 0.15) is 5.75 Å². The lowest BCUT2D eigenvalue weighted by Crippen LogP contribution is -2.45. The Morgan fingerprint density at radius 2 is 2.00 bits per heavy atom. The summed E-state index contributed by atoms with van der Waals surface area (Å²) in [4.78, 5) is 15.2. The monoisotopic (exact) mass is 346 g/mol. The SMILES string of the molecule is CCCN(CC1CCN(C(=O)O)CC1)C1CCc2ccc(O)cc2C1. The Hall–Kier alpha value is -1.75. The molecule has 5 heteroatoms. The van der Waals surface area contributed by atoms with Gasteiger partial charge in [-0.15, -0.1) is 0 Å². The summed E-state index contributed by atoms with van der Waals surface area (Å²) in [5.41, 5.74) is 2.67. The molecule has 0 bridgehead atoms. The number of carbonyl (C=O) groups is 1. The summed E-state index contributed by atoms with van der Waals surface area (Å²) in [6, 6.07) is 6.31. The molecule has 0 aromatic heterocycles. The zero-order chi connectivity index (χ0) is 17.8. The number of phenolic OH excluding ortho intramolecular Hbond substituents is 1. The molecule has 1 unspecified atom stereocenters. The van der Waals surface area contributed by atoms with Gasteiger partial charge in [0.2, 0.25) is 0 Å². The molecule has 0 radical (unpaired) electrons. The molecule has 1 amide bonds. The predicted octanol–water partition coefficient (Wildman–Crippen LogP) is 3.35. The van der Waals surface area contributed by atoms with Crippen LogP contribution >= 0.6 is 0 Å². The average Bonchev–Trinajstić information content (AvgIpc) is 2.61. The molecule has 1 atom stereocenters. The number of amides is 1. The van der Waals surface area contributed by atoms with Crippen LogP contribution in [0.15, 0.2) is 18.2 Å². The van der Waals surface area contributed by atoms with E-state index in [1.165, 1.54) is 17.5 Å². The fraction of sp³-hybridized carbons (Fsp3) is 0.650. The molecule has 1 heterocycles. The van der Waals surface area contributed by atoms with Crippen LogP contribution in [0.2, 0.25) is 0 Å². The van der Waals surface area contributed by atoms with Gasteiger partial charge in [-0.25, -0.2) is 4.79 Å². The normalized spacial score (nSPS) is 21.4. The van der Waals surface area contributed by atoms with E-state index < -0.39 is 6.09 Å². The third kappa shape index (κ3) is 4.46. The highest BCUT2D eigenvalue weighted by Crippen LogP contribution is 2.29. The maximum atomic E-state index is 11.1. The smallest absolute Gasteiger partial charge is 0.407 e. The molecule has 1 saturated heterocycles. The van der Waals surface area contributed by atoms with Gasteiger partial charge < -0.3 is 15.1 Å². The second-order valence-corrected chi connectivity index (χ2v) is 7.56. The molecule has 2 aliphatic rings. The number of carboxylic acid groups (broad SMARTS) is 1. The van der Waals surface area contributed by atoms with Crippen molar-refractivity contribution < 1.29 is 15.0 Å². The lowest BCUT2D eigenvalue weighted by molar-refractivity contribution is 0.0987. The van der Waals surface area contributed by atoms with Gasteiger partial charge in [-0.2, -0.15) is 0 Å². The van der Waals surface area contributed by atoms with Crippen molar-refractivity contribution in [3.63, 3.8) is 0 Å². The van der Waals surface area contributed by atoms with Crippen LogP contribution < -0.4 is 0 Å². The van der Waals surface area contributed by atoms with Gasteiger partial charge in [-0.3, -0.25) is 4.90 Å². The number of phenols is 1. The topological polar surface area (TPSA) is 64.0 Å². The minimum Gasteiger partial charge on any atom is -0.508 e. The Bertz CT molecular complexity index is 597. The average molecular weight is 346 g/mol. The molecule has 1 aliphatic heterocycles. The maximum Gasteiger partial charge on any atom is 0.407 e. The molecule has 2 N–H and O–H groups in total. The number of fused-ring (bicyclic) bond motifs is 1. The van der Waals surface area contributed by atoms with Crippen LogP contribution in [-0.4, -0.2) is 58.3 Å². The molecule has 1 aromatic carbocycles.